The lowest BCUT2D eigenvalue weighted by molar-refractivity contribution is 0.257. The van der Waals surface area contributed by atoms with Crippen LogP contribution in [0.4, 0.5) is 4.79 Å². The second-order valence-electron chi connectivity index (χ2n) is 3.93. The summed E-state index contributed by atoms with van der Waals surface area (Å²) < 4.78 is 2.34. The number of nitrogens with one attached hydrogen (secondary N) is 1. The third kappa shape index (κ3) is 1.56. The van der Waals surface area contributed by atoms with Crippen molar-refractivity contribution in [1.29, 1.82) is 5.26 Å². The first-order valence-electron chi connectivity index (χ1n) is 5.46. The van der Waals surface area contributed by atoms with E-state index >= 15 is 0 Å². The zero-order chi connectivity index (χ0) is 14.3. The van der Waals surface area contributed by atoms with Crippen LogP contribution in [0.15, 0.2) is 29.5 Å². The fourth-order valence-electron chi connectivity index (χ4n) is 1.90. The third-order valence-corrected chi connectivity index (χ3v) is 2.75. The van der Waals surface area contributed by atoms with E-state index in [-0.39, 0.29) is 5.39 Å². The summed E-state index contributed by atoms with van der Waals surface area (Å²) in [7, 11) is 0. The summed E-state index contributed by atoms with van der Waals surface area (Å²) in [4.78, 5) is 27.0. The summed E-state index contributed by atoms with van der Waals surface area (Å²) in [6, 6.07) is 2.67. The van der Waals surface area contributed by atoms with Crippen LogP contribution in [0.25, 0.3) is 16.6 Å². The van der Waals surface area contributed by atoms with Gasteiger partial charge in [-0.3, -0.25) is 4.79 Å². The highest BCUT2D eigenvalue weighted by molar-refractivity contribution is 5.82. The number of carbonyl (C=O) groups is 1. The van der Waals surface area contributed by atoms with Crippen LogP contribution in [0.5, 0.6) is 0 Å². The first-order valence-corrected chi connectivity index (χ1v) is 5.46. The van der Waals surface area contributed by atoms with Crippen LogP contribution in [-0.4, -0.2) is 25.3 Å². The minimum atomic E-state index is -0.855. The van der Waals surface area contributed by atoms with Crippen molar-refractivity contribution in [1.82, 2.24) is 19.3 Å². The maximum Gasteiger partial charge on any atom is 0.331 e. The van der Waals surface area contributed by atoms with Gasteiger partial charge in [0.1, 0.15) is 11.6 Å². The molecule has 0 saturated carbocycles. The van der Waals surface area contributed by atoms with Crippen LogP contribution in [0.2, 0.25) is 0 Å². The summed E-state index contributed by atoms with van der Waals surface area (Å²) in [6.45, 7) is 0. The number of rotatable bonds is 1. The minimum Gasteiger partial charge on any atom is -0.350 e. The lowest BCUT2D eigenvalue weighted by Gasteiger charge is -2.07. The highest BCUT2D eigenvalue weighted by atomic mass is 16.2. The van der Waals surface area contributed by atoms with Gasteiger partial charge in [0.2, 0.25) is 0 Å². The number of primary amides is 1. The van der Waals surface area contributed by atoms with Crippen molar-refractivity contribution in [2.45, 2.75) is 0 Å². The van der Waals surface area contributed by atoms with Gasteiger partial charge in [-0.05, 0) is 6.07 Å². The minimum absolute atomic E-state index is 0.237. The van der Waals surface area contributed by atoms with Crippen LogP contribution in [-0.2, 0) is 0 Å². The van der Waals surface area contributed by atoms with E-state index in [1.54, 1.807) is 6.07 Å². The molecule has 0 aliphatic carbocycles. The number of fused-ring (bicyclic) bond motifs is 3. The molecular formula is C11H7N7O2. The van der Waals surface area contributed by atoms with Gasteiger partial charge < -0.3 is 5.73 Å². The van der Waals surface area contributed by atoms with Crippen LogP contribution in [0, 0.1) is 11.3 Å². The monoisotopic (exact) mass is 269 g/mol. The molecule has 9 nitrogen and oxygen atoms in total. The van der Waals surface area contributed by atoms with Crippen LogP contribution < -0.4 is 16.7 Å². The van der Waals surface area contributed by atoms with Crippen molar-refractivity contribution in [3.05, 3.63) is 40.6 Å². The molecule has 3 aromatic rings. The molecule has 0 radical (unpaired) electrons. The molecule has 0 atom stereocenters. The fourth-order valence-corrected chi connectivity index (χ4v) is 1.90. The smallest absolute Gasteiger partial charge is 0.331 e. The van der Waals surface area contributed by atoms with Crippen molar-refractivity contribution in [2.24, 2.45) is 5.73 Å². The van der Waals surface area contributed by atoms with Gasteiger partial charge in [-0.15, -0.1) is 0 Å². The summed E-state index contributed by atoms with van der Waals surface area (Å²) >= 11 is 0. The molecule has 0 unspecified atom stereocenters. The summed E-state index contributed by atoms with van der Waals surface area (Å²) in [5, 5.41) is 13.2. The first-order chi connectivity index (χ1) is 9.61. The first kappa shape index (κ1) is 11.7. The maximum atomic E-state index is 12.1. The Morgan fingerprint density at radius 1 is 1.45 bits per heavy atom. The predicted octanol–water partition coefficient (Wildman–Crippen LogP) is -0.462. The topological polar surface area (TPSA) is 131 Å². The Labute approximate surface area is 110 Å². The number of nitriles is 1. The van der Waals surface area contributed by atoms with E-state index in [1.165, 1.54) is 23.1 Å². The highest BCUT2D eigenvalue weighted by Gasteiger charge is 2.11. The zero-order valence-electron chi connectivity index (χ0n) is 9.94. The lowest BCUT2D eigenvalue weighted by atomic mass is 10.3. The molecule has 0 aliphatic rings. The molecule has 3 aromatic heterocycles. The number of nitrogens with two attached hydrogens (primary N) is 1. The molecule has 0 aromatic carbocycles. The Morgan fingerprint density at radius 3 is 2.95 bits per heavy atom. The molecular weight excluding hydrogens is 262 g/mol. The number of urea groups is 1. The summed E-state index contributed by atoms with van der Waals surface area (Å²) in [5.41, 5.74) is 7.79. The predicted molar refractivity (Wildman–Crippen MR) is 68.4 cm³/mol. The van der Waals surface area contributed by atoms with E-state index < -0.39 is 11.6 Å². The number of hydrogen-bond donors (Lipinski definition) is 2. The van der Waals surface area contributed by atoms with Crippen molar-refractivity contribution in [2.75, 3.05) is 5.43 Å². The number of amides is 2. The molecule has 98 valence electrons. The van der Waals surface area contributed by atoms with E-state index in [4.69, 9.17) is 11.0 Å². The SMILES string of the molecule is N#Cc1cnn2c1ncc1c(=O)n(NC(N)=O)ccc12. The Morgan fingerprint density at radius 2 is 2.25 bits per heavy atom. The van der Waals surface area contributed by atoms with E-state index in [0.29, 0.717) is 16.7 Å². The third-order valence-electron chi connectivity index (χ3n) is 2.75. The van der Waals surface area contributed by atoms with Crippen molar-refractivity contribution in [3.63, 3.8) is 0 Å². The molecule has 2 amide bonds. The lowest BCUT2D eigenvalue weighted by Crippen LogP contribution is -2.35. The van der Waals surface area contributed by atoms with Crippen molar-refractivity contribution >= 4 is 22.6 Å². The van der Waals surface area contributed by atoms with Crippen LogP contribution >= 0.6 is 0 Å². The van der Waals surface area contributed by atoms with E-state index in [9.17, 15) is 9.59 Å². The maximum absolute atomic E-state index is 12.1. The van der Waals surface area contributed by atoms with E-state index in [2.05, 4.69) is 15.5 Å². The molecule has 20 heavy (non-hydrogen) atoms. The Hall–Kier alpha value is -3.41. The van der Waals surface area contributed by atoms with Gasteiger partial charge >= 0.3 is 6.03 Å². The Kier molecular flexibility index (Phi) is 2.37. The average Bonchev–Trinajstić information content (AvgIpc) is 2.84. The van der Waals surface area contributed by atoms with Gasteiger partial charge in [0.25, 0.3) is 5.56 Å². The molecule has 3 N–H and O–H groups in total. The quantitative estimate of drug-likeness (QED) is 0.617. The number of nitrogens with zero attached hydrogens (tertiary/aromatic N) is 5. The van der Waals surface area contributed by atoms with Gasteiger partial charge in [-0.2, -0.15) is 10.4 Å². The highest BCUT2D eigenvalue weighted by Crippen LogP contribution is 2.13. The van der Waals surface area contributed by atoms with Gasteiger partial charge in [-0.1, -0.05) is 0 Å². The average molecular weight is 269 g/mol. The molecule has 0 fully saturated rings. The van der Waals surface area contributed by atoms with E-state index in [1.807, 2.05) is 6.07 Å². The standard InChI is InChI=1S/C11H7N7O2/c12-3-6-4-15-18-8-1-2-17(16-11(13)20)10(19)7(8)5-14-9(6)18/h1-2,4-5H,(H3,13,16,20). The largest absolute Gasteiger partial charge is 0.350 e. The number of carbonyl (C=O) groups excluding carboxylic acids is 1. The van der Waals surface area contributed by atoms with Crippen molar-refractivity contribution < 1.29 is 4.79 Å². The zero-order valence-corrected chi connectivity index (χ0v) is 9.94. The molecule has 3 heterocycles. The molecule has 9 heteroatoms. The van der Waals surface area contributed by atoms with E-state index in [0.717, 1.165) is 4.68 Å². The van der Waals surface area contributed by atoms with Crippen molar-refractivity contribution in [3.8, 4) is 6.07 Å². The number of pyridine rings is 1. The molecule has 0 spiro atoms. The summed E-state index contributed by atoms with van der Waals surface area (Å²) in [6.07, 6.45) is 4.05. The van der Waals surface area contributed by atoms with Crippen LogP contribution in [0.1, 0.15) is 5.56 Å². The van der Waals surface area contributed by atoms with Crippen LogP contribution in [0.3, 0.4) is 0 Å². The number of aromatic nitrogens is 4. The Bertz CT molecular complexity index is 947. The number of hydrogen-bond acceptors (Lipinski definition) is 5. The normalized spacial score (nSPS) is 10.6. The summed E-state index contributed by atoms with van der Waals surface area (Å²) in [5.74, 6) is 0. The molecule has 0 aliphatic heterocycles. The van der Waals surface area contributed by atoms with Gasteiger partial charge in [0, 0.05) is 12.4 Å². The molecule has 0 bridgehead atoms. The van der Waals surface area contributed by atoms with Gasteiger partial charge in [0.05, 0.1) is 17.1 Å². The molecule has 0 saturated heterocycles. The fraction of sp³-hybridized carbons (Fsp3) is 0. The Balaban J connectivity index is 2.35. The van der Waals surface area contributed by atoms with Gasteiger partial charge in [0.15, 0.2) is 5.65 Å². The van der Waals surface area contributed by atoms with Gasteiger partial charge in [-0.25, -0.2) is 24.4 Å². The molecule has 3 rings (SSSR count). The second-order valence-corrected chi connectivity index (χ2v) is 3.93. The second kappa shape index (κ2) is 4.06.